The molecule has 0 radical (unpaired) electrons. The van der Waals surface area contributed by atoms with Crippen LogP contribution in [0.2, 0.25) is 0 Å². The van der Waals surface area contributed by atoms with Crippen molar-refractivity contribution >= 4 is 34.2 Å². The van der Waals surface area contributed by atoms with Crippen LogP contribution in [0.4, 0.5) is 11.5 Å². The molecular weight excluding hydrogens is 456 g/mol. The first-order valence-corrected chi connectivity index (χ1v) is 11.2. The lowest BCUT2D eigenvalue weighted by Gasteiger charge is -2.17. The van der Waals surface area contributed by atoms with Crippen LogP contribution in [0, 0.1) is 24.7 Å². The van der Waals surface area contributed by atoms with Crippen LogP contribution < -0.4 is 16.4 Å². The summed E-state index contributed by atoms with van der Waals surface area (Å²) < 4.78 is 1.72. The van der Waals surface area contributed by atoms with Crippen molar-refractivity contribution in [2.24, 2.45) is 11.1 Å². The number of hydrogen-bond donors (Lipinski definition) is 4. The minimum Gasteiger partial charge on any atom is -0.385 e. The number of amides is 1. The van der Waals surface area contributed by atoms with Gasteiger partial charge in [-0.25, -0.2) is 24.9 Å². The molecule has 0 spiro atoms. The lowest BCUT2D eigenvalue weighted by Crippen LogP contribution is -2.29. The Balaban J connectivity index is 1.62. The fraction of sp³-hybridized carbons (Fsp3) is 0.240. The Kier molecular flexibility index (Phi) is 6.47. The number of carbonyl (C=O) groups is 1. The van der Waals surface area contributed by atoms with Crippen molar-refractivity contribution in [3.05, 3.63) is 72.0 Å². The predicted octanol–water partition coefficient (Wildman–Crippen LogP) is 3.56. The molecule has 4 rings (SSSR count). The Bertz CT molecular complexity index is 1500. The van der Waals surface area contributed by atoms with Gasteiger partial charge in [0.25, 0.3) is 5.91 Å². The highest BCUT2D eigenvalue weighted by atomic mass is 16.1. The Hall–Kier alpha value is -4.67. The van der Waals surface area contributed by atoms with Crippen LogP contribution in [0.15, 0.2) is 55.1 Å². The molecule has 0 aliphatic rings. The fourth-order valence-corrected chi connectivity index (χ4v) is 3.23. The third kappa shape index (κ3) is 5.35. The van der Waals surface area contributed by atoms with Crippen molar-refractivity contribution < 1.29 is 4.79 Å². The van der Waals surface area contributed by atoms with E-state index in [2.05, 4.69) is 35.6 Å². The second-order valence-electron chi connectivity index (χ2n) is 9.42. The number of carbonyl (C=O) groups excluding carboxylic acids is 1. The molecule has 1 aromatic carbocycles. The number of anilines is 2. The van der Waals surface area contributed by atoms with E-state index >= 15 is 0 Å². The number of fused-ring (bicyclic) bond motifs is 1. The number of imidazole rings is 1. The summed E-state index contributed by atoms with van der Waals surface area (Å²) in [5.41, 5.74) is 9.80. The van der Waals surface area contributed by atoms with Gasteiger partial charge in [-0.2, -0.15) is 0 Å². The summed E-state index contributed by atoms with van der Waals surface area (Å²) in [6.45, 7) is 9.51. The topological polar surface area (TPSA) is 160 Å². The number of nitrogens with zero attached hydrogens (tertiary/aromatic N) is 6. The molecule has 11 nitrogen and oxygen atoms in total. The van der Waals surface area contributed by atoms with Crippen LogP contribution in [-0.2, 0) is 0 Å². The van der Waals surface area contributed by atoms with E-state index in [9.17, 15) is 4.79 Å². The van der Waals surface area contributed by atoms with Gasteiger partial charge in [-0.05, 0) is 37.6 Å². The molecule has 11 heteroatoms. The Morgan fingerprint density at radius 3 is 2.61 bits per heavy atom. The normalized spacial score (nSPS) is 12.0. The fourth-order valence-electron chi connectivity index (χ4n) is 3.23. The SMILES string of the molecule is Cc1cn(-c2ncc3ncnc(Nc4cc(C(=O)N/C(N)=C/C(=N)C(C)(C)C)ccc4C)c3n2)cn1. The van der Waals surface area contributed by atoms with Crippen molar-refractivity contribution in [2.75, 3.05) is 5.32 Å². The molecule has 4 aromatic rings. The molecule has 0 fully saturated rings. The van der Waals surface area contributed by atoms with Gasteiger partial charge in [-0.3, -0.25) is 9.36 Å². The zero-order valence-electron chi connectivity index (χ0n) is 20.8. The van der Waals surface area contributed by atoms with Gasteiger partial charge in [0, 0.05) is 28.6 Å². The smallest absolute Gasteiger partial charge is 0.256 e. The first-order valence-electron chi connectivity index (χ1n) is 11.2. The minimum absolute atomic E-state index is 0.107. The summed E-state index contributed by atoms with van der Waals surface area (Å²) in [4.78, 5) is 34.7. The minimum atomic E-state index is -0.388. The van der Waals surface area contributed by atoms with Gasteiger partial charge in [0.15, 0.2) is 5.82 Å². The summed E-state index contributed by atoms with van der Waals surface area (Å²) in [5, 5.41) is 14.0. The van der Waals surface area contributed by atoms with Crippen LogP contribution in [-0.4, -0.2) is 41.1 Å². The van der Waals surface area contributed by atoms with Crippen molar-refractivity contribution in [2.45, 2.75) is 34.6 Å². The number of nitrogens with two attached hydrogens (primary N) is 1. The Morgan fingerprint density at radius 1 is 1.14 bits per heavy atom. The van der Waals surface area contributed by atoms with Gasteiger partial charge in [0.2, 0.25) is 5.95 Å². The quantitative estimate of drug-likeness (QED) is 0.302. The molecule has 0 aliphatic heterocycles. The highest BCUT2D eigenvalue weighted by Gasteiger charge is 2.17. The van der Waals surface area contributed by atoms with E-state index in [0.29, 0.717) is 39.8 Å². The highest BCUT2D eigenvalue weighted by molar-refractivity contribution is 6.00. The number of aryl methyl sites for hydroxylation is 2. The van der Waals surface area contributed by atoms with E-state index in [-0.39, 0.29) is 17.1 Å². The number of allylic oxidation sites excluding steroid dienone is 1. The standard InChI is InChI=1S/C25H28N10O/c1-14-6-7-16(23(36)33-20(27)9-19(26)25(3,4)5)8-17(14)32-22-21-18(29-12-30-22)10-28-24(34-21)35-11-15(2)31-13-35/h6-13,26H,27H2,1-5H3,(H,33,36)(H,29,30,32)/b20-9+,26-19?. The zero-order valence-corrected chi connectivity index (χ0v) is 20.8. The second-order valence-corrected chi connectivity index (χ2v) is 9.42. The van der Waals surface area contributed by atoms with E-state index in [1.165, 1.54) is 12.4 Å². The van der Waals surface area contributed by atoms with Gasteiger partial charge in [0.05, 0.1) is 11.9 Å². The molecule has 0 aliphatic carbocycles. The molecule has 5 N–H and O–H groups in total. The van der Waals surface area contributed by atoms with Gasteiger partial charge in [-0.1, -0.05) is 26.8 Å². The molecule has 0 saturated carbocycles. The molecule has 184 valence electrons. The molecular formula is C25H28N10O. The van der Waals surface area contributed by atoms with Gasteiger partial charge in [-0.15, -0.1) is 0 Å². The molecule has 0 unspecified atom stereocenters. The molecule has 0 bridgehead atoms. The first kappa shape index (κ1) is 24.5. The number of hydrogen-bond acceptors (Lipinski definition) is 9. The van der Waals surface area contributed by atoms with Crippen molar-refractivity contribution in [1.82, 2.24) is 34.8 Å². The number of rotatable bonds is 6. The first-order chi connectivity index (χ1) is 17.0. The lowest BCUT2D eigenvalue weighted by atomic mass is 9.90. The van der Waals surface area contributed by atoms with Crippen LogP contribution in [0.3, 0.4) is 0 Å². The van der Waals surface area contributed by atoms with Crippen LogP contribution in [0.1, 0.15) is 42.4 Å². The van der Waals surface area contributed by atoms with Gasteiger partial charge in [0.1, 0.15) is 29.5 Å². The number of nitrogens with one attached hydrogen (secondary N) is 3. The maximum atomic E-state index is 12.8. The molecule has 3 heterocycles. The predicted molar refractivity (Wildman–Crippen MR) is 138 cm³/mol. The van der Waals surface area contributed by atoms with Crippen LogP contribution in [0.5, 0.6) is 0 Å². The molecule has 1 amide bonds. The molecule has 0 atom stereocenters. The average Bonchev–Trinajstić information content (AvgIpc) is 3.26. The average molecular weight is 485 g/mol. The van der Waals surface area contributed by atoms with Crippen molar-refractivity contribution in [3.63, 3.8) is 0 Å². The zero-order chi connectivity index (χ0) is 26.0. The molecule has 36 heavy (non-hydrogen) atoms. The van der Waals surface area contributed by atoms with Crippen LogP contribution >= 0.6 is 0 Å². The largest absolute Gasteiger partial charge is 0.385 e. The monoisotopic (exact) mass is 484 g/mol. The number of aromatic nitrogens is 6. The summed E-state index contributed by atoms with van der Waals surface area (Å²) in [5.74, 6) is 0.630. The summed E-state index contributed by atoms with van der Waals surface area (Å²) in [6, 6.07) is 5.24. The second kappa shape index (κ2) is 9.53. The number of benzene rings is 1. The maximum absolute atomic E-state index is 12.8. The van der Waals surface area contributed by atoms with Gasteiger partial charge >= 0.3 is 0 Å². The molecule has 3 aromatic heterocycles. The summed E-state index contributed by atoms with van der Waals surface area (Å²) in [7, 11) is 0. The van der Waals surface area contributed by atoms with Crippen LogP contribution in [0.25, 0.3) is 17.0 Å². The Labute approximate surface area is 208 Å². The lowest BCUT2D eigenvalue weighted by molar-refractivity contribution is 0.0965. The van der Waals surface area contributed by atoms with Gasteiger partial charge < -0.3 is 21.8 Å². The summed E-state index contributed by atoms with van der Waals surface area (Å²) in [6.07, 6.45) is 7.98. The summed E-state index contributed by atoms with van der Waals surface area (Å²) >= 11 is 0. The van der Waals surface area contributed by atoms with Crippen molar-refractivity contribution in [3.8, 4) is 5.95 Å². The Morgan fingerprint density at radius 2 is 1.92 bits per heavy atom. The van der Waals surface area contributed by atoms with Crippen molar-refractivity contribution in [1.29, 1.82) is 5.41 Å². The van der Waals surface area contributed by atoms with E-state index in [1.54, 1.807) is 29.2 Å². The van der Waals surface area contributed by atoms with E-state index in [4.69, 9.17) is 11.1 Å². The highest BCUT2D eigenvalue weighted by Crippen LogP contribution is 2.25. The van der Waals surface area contributed by atoms with E-state index in [1.807, 2.05) is 46.9 Å². The third-order valence-corrected chi connectivity index (χ3v) is 5.43. The van der Waals surface area contributed by atoms with E-state index in [0.717, 1.165) is 11.3 Å². The third-order valence-electron chi connectivity index (χ3n) is 5.43. The van der Waals surface area contributed by atoms with E-state index < -0.39 is 0 Å². The maximum Gasteiger partial charge on any atom is 0.256 e. The molecule has 0 saturated heterocycles.